The molecule has 17 heavy (non-hydrogen) atoms. The molecule has 2 atom stereocenters. The van der Waals surface area contributed by atoms with Crippen molar-refractivity contribution in [2.45, 2.75) is 39.0 Å². The van der Waals surface area contributed by atoms with E-state index in [0.29, 0.717) is 12.5 Å². The van der Waals surface area contributed by atoms with Gasteiger partial charge in [-0.1, -0.05) is 44.2 Å². The largest absolute Gasteiger partial charge is 0.390 e. The first-order valence-electron chi connectivity index (χ1n) is 6.28. The summed E-state index contributed by atoms with van der Waals surface area (Å²) in [5, 5.41) is 13.1. The lowest BCUT2D eigenvalue weighted by atomic mass is 10.00. The maximum Gasteiger partial charge on any atom is 0.0815 e. The van der Waals surface area contributed by atoms with Crippen LogP contribution in [0.4, 0.5) is 0 Å². The van der Waals surface area contributed by atoms with Crippen LogP contribution in [-0.4, -0.2) is 23.8 Å². The van der Waals surface area contributed by atoms with E-state index in [9.17, 15) is 5.11 Å². The molecule has 0 aromatic heterocycles. The average Bonchev–Trinajstić information content (AvgIpc) is 2.29. The van der Waals surface area contributed by atoms with Gasteiger partial charge in [0.05, 0.1) is 6.10 Å². The number of rotatable bonds is 7. The highest BCUT2D eigenvalue weighted by Gasteiger charge is 2.15. The van der Waals surface area contributed by atoms with Gasteiger partial charge < -0.3 is 16.2 Å². The van der Waals surface area contributed by atoms with E-state index in [0.717, 1.165) is 13.0 Å². The topological polar surface area (TPSA) is 58.3 Å². The zero-order chi connectivity index (χ0) is 12.7. The lowest BCUT2D eigenvalue weighted by Gasteiger charge is -2.20. The number of hydrogen-bond acceptors (Lipinski definition) is 3. The van der Waals surface area contributed by atoms with E-state index in [4.69, 9.17) is 5.73 Å². The van der Waals surface area contributed by atoms with E-state index in [1.54, 1.807) is 0 Å². The molecule has 0 radical (unpaired) electrons. The van der Waals surface area contributed by atoms with E-state index >= 15 is 0 Å². The SMILES string of the molecule is CC(C)C[C@H](N)C(O)CNCc1ccccc1. The summed E-state index contributed by atoms with van der Waals surface area (Å²) in [4.78, 5) is 0. The monoisotopic (exact) mass is 236 g/mol. The summed E-state index contributed by atoms with van der Waals surface area (Å²) in [6.07, 6.45) is 0.384. The van der Waals surface area contributed by atoms with Crippen LogP contribution >= 0.6 is 0 Å². The Morgan fingerprint density at radius 3 is 2.47 bits per heavy atom. The molecule has 0 fully saturated rings. The van der Waals surface area contributed by atoms with Gasteiger partial charge in [-0.3, -0.25) is 0 Å². The van der Waals surface area contributed by atoms with Gasteiger partial charge in [-0.15, -0.1) is 0 Å². The van der Waals surface area contributed by atoms with Gasteiger partial charge in [0.2, 0.25) is 0 Å². The van der Waals surface area contributed by atoms with Crippen molar-refractivity contribution in [3.8, 4) is 0 Å². The molecule has 0 amide bonds. The number of benzene rings is 1. The van der Waals surface area contributed by atoms with Crippen LogP contribution in [0.25, 0.3) is 0 Å². The number of aliphatic hydroxyl groups excluding tert-OH is 1. The Balaban J connectivity index is 2.22. The van der Waals surface area contributed by atoms with Crippen LogP contribution in [0.1, 0.15) is 25.8 Å². The maximum atomic E-state index is 9.86. The van der Waals surface area contributed by atoms with Crippen molar-refractivity contribution in [1.82, 2.24) is 5.32 Å². The Morgan fingerprint density at radius 1 is 1.24 bits per heavy atom. The Bertz CT molecular complexity index is 300. The van der Waals surface area contributed by atoms with Gasteiger partial charge >= 0.3 is 0 Å². The number of nitrogens with one attached hydrogen (secondary N) is 1. The van der Waals surface area contributed by atoms with Crippen LogP contribution in [0, 0.1) is 5.92 Å². The molecule has 0 aliphatic rings. The van der Waals surface area contributed by atoms with Crippen LogP contribution in [0.2, 0.25) is 0 Å². The van der Waals surface area contributed by atoms with Crippen LogP contribution < -0.4 is 11.1 Å². The highest BCUT2D eigenvalue weighted by molar-refractivity contribution is 5.14. The zero-order valence-electron chi connectivity index (χ0n) is 10.8. The normalized spacial score (nSPS) is 14.9. The summed E-state index contributed by atoms with van der Waals surface area (Å²) in [7, 11) is 0. The van der Waals surface area contributed by atoms with Gasteiger partial charge in [0, 0.05) is 19.1 Å². The summed E-state index contributed by atoms with van der Waals surface area (Å²) in [6, 6.07) is 10.0. The lowest BCUT2D eigenvalue weighted by molar-refractivity contribution is 0.132. The second kappa shape index (κ2) is 7.43. The smallest absolute Gasteiger partial charge is 0.0815 e. The molecule has 3 heteroatoms. The molecule has 0 saturated carbocycles. The van der Waals surface area contributed by atoms with Crippen molar-refractivity contribution in [2.75, 3.05) is 6.54 Å². The molecule has 96 valence electrons. The standard InChI is InChI=1S/C14H24N2O/c1-11(2)8-13(15)14(17)10-16-9-12-6-4-3-5-7-12/h3-7,11,13-14,16-17H,8-10,15H2,1-2H3/t13-,14?/m0/s1. The van der Waals surface area contributed by atoms with Crippen molar-refractivity contribution in [3.63, 3.8) is 0 Å². The minimum atomic E-state index is -0.471. The van der Waals surface area contributed by atoms with Gasteiger partial charge in [-0.05, 0) is 17.9 Å². The van der Waals surface area contributed by atoms with Gasteiger partial charge in [0.1, 0.15) is 0 Å². The molecule has 1 aromatic carbocycles. The first-order chi connectivity index (χ1) is 8.09. The van der Waals surface area contributed by atoms with Crippen molar-refractivity contribution in [1.29, 1.82) is 0 Å². The fourth-order valence-electron chi connectivity index (χ4n) is 1.81. The second-order valence-electron chi connectivity index (χ2n) is 4.98. The van der Waals surface area contributed by atoms with Gasteiger partial charge in [0.25, 0.3) is 0 Å². The first kappa shape index (κ1) is 14.2. The molecule has 0 bridgehead atoms. The molecule has 0 spiro atoms. The predicted molar refractivity (Wildman–Crippen MR) is 71.6 cm³/mol. The molecule has 1 rings (SSSR count). The third-order valence-corrected chi connectivity index (χ3v) is 2.76. The fraction of sp³-hybridized carbons (Fsp3) is 0.571. The first-order valence-corrected chi connectivity index (χ1v) is 6.28. The molecule has 0 heterocycles. The second-order valence-corrected chi connectivity index (χ2v) is 4.98. The quantitative estimate of drug-likeness (QED) is 0.672. The molecule has 0 saturated heterocycles. The van der Waals surface area contributed by atoms with Crippen LogP contribution in [0.5, 0.6) is 0 Å². The van der Waals surface area contributed by atoms with E-state index in [1.165, 1.54) is 5.56 Å². The van der Waals surface area contributed by atoms with E-state index in [1.807, 2.05) is 18.2 Å². The van der Waals surface area contributed by atoms with Crippen molar-refractivity contribution in [2.24, 2.45) is 11.7 Å². The van der Waals surface area contributed by atoms with Crippen molar-refractivity contribution in [3.05, 3.63) is 35.9 Å². The molecule has 4 N–H and O–H groups in total. The summed E-state index contributed by atoms with van der Waals surface area (Å²) >= 11 is 0. The number of nitrogens with two attached hydrogens (primary N) is 1. The minimum absolute atomic E-state index is 0.140. The summed E-state index contributed by atoms with van der Waals surface area (Å²) < 4.78 is 0. The summed E-state index contributed by atoms with van der Waals surface area (Å²) in [5.74, 6) is 0.522. The van der Waals surface area contributed by atoms with Crippen molar-refractivity contribution >= 4 is 0 Å². The summed E-state index contributed by atoms with van der Waals surface area (Å²) in [5.41, 5.74) is 7.13. The zero-order valence-corrected chi connectivity index (χ0v) is 10.8. The van der Waals surface area contributed by atoms with Gasteiger partial charge in [-0.2, -0.15) is 0 Å². The highest BCUT2D eigenvalue weighted by atomic mass is 16.3. The van der Waals surface area contributed by atoms with E-state index < -0.39 is 6.10 Å². The molecular weight excluding hydrogens is 212 g/mol. The Morgan fingerprint density at radius 2 is 1.88 bits per heavy atom. The molecule has 3 nitrogen and oxygen atoms in total. The van der Waals surface area contributed by atoms with Crippen LogP contribution in [0.15, 0.2) is 30.3 Å². The fourth-order valence-corrected chi connectivity index (χ4v) is 1.81. The van der Waals surface area contributed by atoms with E-state index in [-0.39, 0.29) is 6.04 Å². The van der Waals surface area contributed by atoms with Gasteiger partial charge in [-0.25, -0.2) is 0 Å². The van der Waals surface area contributed by atoms with Crippen molar-refractivity contribution < 1.29 is 5.11 Å². The molecular formula is C14H24N2O. The molecule has 0 aliphatic heterocycles. The van der Waals surface area contributed by atoms with Gasteiger partial charge in [0.15, 0.2) is 0 Å². The van der Waals surface area contributed by atoms with Crippen LogP contribution in [-0.2, 0) is 6.54 Å². The van der Waals surface area contributed by atoms with E-state index in [2.05, 4.69) is 31.3 Å². The molecule has 0 aliphatic carbocycles. The average molecular weight is 236 g/mol. The maximum absolute atomic E-state index is 9.86. The predicted octanol–water partition coefficient (Wildman–Crippen LogP) is 1.51. The number of aliphatic hydroxyl groups is 1. The molecule has 1 aromatic rings. The third kappa shape index (κ3) is 5.82. The lowest BCUT2D eigenvalue weighted by Crippen LogP contribution is -2.42. The highest BCUT2D eigenvalue weighted by Crippen LogP contribution is 2.06. The Hall–Kier alpha value is -0.900. The molecule has 1 unspecified atom stereocenters. The third-order valence-electron chi connectivity index (χ3n) is 2.76. The summed E-state index contributed by atoms with van der Waals surface area (Å²) in [6.45, 7) is 5.54. The Kier molecular flexibility index (Phi) is 6.19. The van der Waals surface area contributed by atoms with Crippen LogP contribution in [0.3, 0.4) is 0 Å². The number of hydrogen-bond donors (Lipinski definition) is 3. The minimum Gasteiger partial charge on any atom is -0.390 e. The Labute approximate surface area is 104 Å².